The second-order valence-corrected chi connectivity index (χ2v) is 4.71. The third-order valence-electron chi connectivity index (χ3n) is 3.30. The lowest BCUT2D eigenvalue weighted by atomic mass is 10.1. The second-order valence-electron chi connectivity index (χ2n) is 4.71. The van der Waals surface area contributed by atoms with Gasteiger partial charge in [-0.2, -0.15) is 0 Å². The highest BCUT2D eigenvalue weighted by Gasteiger charge is 2.31. The second kappa shape index (κ2) is 6.27. The van der Waals surface area contributed by atoms with Crippen molar-refractivity contribution in [3.63, 3.8) is 0 Å². The van der Waals surface area contributed by atoms with Crippen molar-refractivity contribution in [3.05, 3.63) is 24.3 Å². The fourth-order valence-corrected chi connectivity index (χ4v) is 2.19. The average Bonchev–Trinajstić information content (AvgIpc) is 2.94. The summed E-state index contributed by atoms with van der Waals surface area (Å²) >= 11 is 0. The van der Waals surface area contributed by atoms with Crippen LogP contribution in [0.4, 0.5) is 5.69 Å². The van der Waals surface area contributed by atoms with Crippen molar-refractivity contribution in [3.8, 4) is 5.75 Å². The standard InChI is InChI=1S/C14H18N2O4/c1-19-14(18)10-5-6-16(8-10)13(17)9-20-12-4-2-3-11(15)7-12/h2-4,7,10H,5-6,8-9,15H2,1H3. The number of amides is 1. The van der Waals surface area contributed by atoms with E-state index in [4.69, 9.17) is 10.5 Å². The van der Waals surface area contributed by atoms with Gasteiger partial charge in [-0.05, 0) is 18.6 Å². The number of hydrogen-bond acceptors (Lipinski definition) is 5. The smallest absolute Gasteiger partial charge is 0.310 e. The summed E-state index contributed by atoms with van der Waals surface area (Å²) in [5, 5.41) is 0. The Hall–Kier alpha value is -2.24. The van der Waals surface area contributed by atoms with Crippen molar-refractivity contribution in [2.24, 2.45) is 5.92 Å². The predicted octanol–water partition coefficient (Wildman–Crippen LogP) is 0.669. The van der Waals surface area contributed by atoms with Gasteiger partial charge in [0.05, 0.1) is 13.0 Å². The molecule has 1 aliphatic rings. The van der Waals surface area contributed by atoms with Crippen molar-refractivity contribution in [1.82, 2.24) is 4.90 Å². The maximum Gasteiger partial charge on any atom is 0.310 e. The Labute approximate surface area is 117 Å². The van der Waals surface area contributed by atoms with Crippen LogP contribution in [0.25, 0.3) is 0 Å². The molecule has 1 atom stereocenters. The molecule has 1 aliphatic heterocycles. The summed E-state index contributed by atoms with van der Waals surface area (Å²) in [5.41, 5.74) is 6.21. The van der Waals surface area contributed by atoms with Gasteiger partial charge in [0.1, 0.15) is 5.75 Å². The number of benzene rings is 1. The van der Waals surface area contributed by atoms with Gasteiger partial charge in [-0.15, -0.1) is 0 Å². The predicted molar refractivity (Wildman–Crippen MR) is 73.1 cm³/mol. The Morgan fingerprint density at radius 3 is 2.95 bits per heavy atom. The van der Waals surface area contributed by atoms with Gasteiger partial charge in [0, 0.05) is 24.8 Å². The van der Waals surface area contributed by atoms with Crippen molar-refractivity contribution in [2.45, 2.75) is 6.42 Å². The number of methoxy groups -OCH3 is 1. The summed E-state index contributed by atoms with van der Waals surface area (Å²) in [4.78, 5) is 25.0. The van der Waals surface area contributed by atoms with Crippen LogP contribution in [0.1, 0.15) is 6.42 Å². The first-order valence-corrected chi connectivity index (χ1v) is 6.44. The third kappa shape index (κ3) is 3.40. The van der Waals surface area contributed by atoms with E-state index in [0.29, 0.717) is 30.9 Å². The van der Waals surface area contributed by atoms with E-state index in [1.165, 1.54) is 7.11 Å². The van der Waals surface area contributed by atoms with Gasteiger partial charge in [0.25, 0.3) is 5.91 Å². The van der Waals surface area contributed by atoms with Crippen molar-refractivity contribution in [2.75, 3.05) is 32.5 Å². The first-order valence-electron chi connectivity index (χ1n) is 6.44. The third-order valence-corrected chi connectivity index (χ3v) is 3.30. The van der Waals surface area contributed by atoms with Gasteiger partial charge in [-0.25, -0.2) is 0 Å². The number of likely N-dealkylation sites (tertiary alicyclic amines) is 1. The van der Waals surface area contributed by atoms with Crippen molar-refractivity contribution < 1.29 is 19.1 Å². The van der Waals surface area contributed by atoms with Crippen molar-refractivity contribution >= 4 is 17.6 Å². The molecule has 2 rings (SSSR count). The molecule has 1 heterocycles. The van der Waals surface area contributed by atoms with Gasteiger partial charge in [0.2, 0.25) is 0 Å². The highest BCUT2D eigenvalue weighted by atomic mass is 16.5. The molecule has 0 bridgehead atoms. The quantitative estimate of drug-likeness (QED) is 0.646. The minimum Gasteiger partial charge on any atom is -0.484 e. The van der Waals surface area contributed by atoms with Gasteiger partial charge in [-0.3, -0.25) is 9.59 Å². The number of hydrogen-bond donors (Lipinski definition) is 1. The highest BCUT2D eigenvalue weighted by molar-refractivity contribution is 5.80. The van der Waals surface area contributed by atoms with E-state index >= 15 is 0 Å². The lowest BCUT2D eigenvalue weighted by molar-refractivity contribution is -0.145. The Balaban J connectivity index is 1.83. The summed E-state index contributed by atoms with van der Waals surface area (Å²) in [5.74, 6) is -0.0748. The van der Waals surface area contributed by atoms with Crippen LogP contribution < -0.4 is 10.5 Å². The van der Waals surface area contributed by atoms with Gasteiger partial charge in [-0.1, -0.05) is 6.07 Å². The van der Waals surface area contributed by atoms with Crippen LogP contribution in [0.3, 0.4) is 0 Å². The molecule has 0 radical (unpaired) electrons. The van der Waals surface area contributed by atoms with Crippen LogP contribution in [0.15, 0.2) is 24.3 Å². The fraction of sp³-hybridized carbons (Fsp3) is 0.429. The molecule has 6 nitrogen and oxygen atoms in total. The fourth-order valence-electron chi connectivity index (χ4n) is 2.19. The molecule has 0 aliphatic carbocycles. The van der Waals surface area contributed by atoms with E-state index < -0.39 is 0 Å². The van der Waals surface area contributed by atoms with E-state index in [2.05, 4.69) is 4.74 Å². The largest absolute Gasteiger partial charge is 0.484 e. The number of nitrogens with zero attached hydrogens (tertiary/aromatic N) is 1. The molecule has 6 heteroatoms. The normalized spacial score (nSPS) is 17.9. The molecule has 0 aromatic heterocycles. The molecule has 1 aromatic carbocycles. The Bertz CT molecular complexity index is 504. The maximum absolute atomic E-state index is 12.0. The Morgan fingerprint density at radius 2 is 2.25 bits per heavy atom. The Kier molecular flexibility index (Phi) is 4.45. The molecule has 1 unspecified atom stereocenters. The van der Waals surface area contributed by atoms with Crippen LogP contribution >= 0.6 is 0 Å². The summed E-state index contributed by atoms with van der Waals surface area (Å²) in [7, 11) is 1.36. The van der Waals surface area contributed by atoms with Gasteiger partial charge >= 0.3 is 5.97 Å². The zero-order valence-electron chi connectivity index (χ0n) is 11.4. The van der Waals surface area contributed by atoms with Crippen LogP contribution in [0.2, 0.25) is 0 Å². The van der Waals surface area contributed by atoms with Gasteiger partial charge < -0.3 is 20.1 Å². The number of carbonyl (C=O) groups excluding carboxylic acids is 2. The molecule has 1 saturated heterocycles. The Morgan fingerprint density at radius 1 is 1.45 bits per heavy atom. The summed E-state index contributed by atoms with van der Waals surface area (Å²) in [6.07, 6.45) is 0.636. The zero-order chi connectivity index (χ0) is 14.5. The lowest BCUT2D eigenvalue weighted by Gasteiger charge is -2.16. The highest BCUT2D eigenvalue weighted by Crippen LogP contribution is 2.18. The minimum absolute atomic E-state index is 0.0582. The summed E-state index contributed by atoms with van der Waals surface area (Å²) in [6, 6.07) is 6.91. The number of nitrogens with two attached hydrogens (primary N) is 1. The van der Waals surface area contributed by atoms with E-state index in [9.17, 15) is 9.59 Å². The molecular weight excluding hydrogens is 260 g/mol. The lowest BCUT2D eigenvalue weighted by Crippen LogP contribution is -2.34. The molecular formula is C14H18N2O4. The molecule has 1 amide bonds. The van der Waals surface area contributed by atoms with Crippen LogP contribution in [-0.4, -0.2) is 43.6 Å². The zero-order valence-corrected chi connectivity index (χ0v) is 11.4. The number of nitrogen functional groups attached to an aromatic ring is 1. The molecule has 1 fully saturated rings. The van der Waals surface area contributed by atoms with E-state index in [-0.39, 0.29) is 24.4 Å². The monoisotopic (exact) mass is 278 g/mol. The molecule has 20 heavy (non-hydrogen) atoms. The molecule has 2 N–H and O–H groups in total. The van der Waals surface area contributed by atoms with Gasteiger partial charge in [0.15, 0.2) is 6.61 Å². The van der Waals surface area contributed by atoms with Crippen molar-refractivity contribution in [1.29, 1.82) is 0 Å². The van der Waals surface area contributed by atoms with E-state index in [1.54, 1.807) is 29.2 Å². The summed E-state index contributed by atoms with van der Waals surface area (Å²) < 4.78 is 10.1. The van der Waals surface area contributed by atoms with E-state index in [0.717, 1.165) is 0 Å². The first kappa shape index (κ1) is 14.2. The summed E-state index contributed by atoms with van der Waals surface area (Å²) in [6.45, 7) is 0.891. The van der Waals surface area contributed by atoms with Crippen LogP contribution in [-0.2, 0) is 14.3 Å². The minimum atomic E-state index is -0.267. The number of anilines is 1. The van der Waals surface area contributed by atoms with E-state index in [1.807, 2.05) is 0 Å². The number of esters is 1. The number of ether oxygens (including phenoxy) is 2. The van der Waals surface area contributed by atoms with Crippen LogP contribution in [0.5, 0.6) is 5.75 Å². The first-order chi connectivity index (χ1) is 9.60. The molecule has 1 aromatic rings. The maximum atomic E-state index is 12.0. The average molecular weight is 278 g/mol. The molecule has 108 valence electrons. The SMILES string of the molecule is COC(=O)C1CCN(C(=O)COc2cccc(N)c2)C1. The number of rotatable bonds is 4. The number of carbonyl (C=O) groups is 2. The van der Waals surface area contributed by atoms with Crippen LogP contribution in [0, 0.1) is 5.92 Å². The molecule has 0 saturated carbocycles. The topological polar surface area (TPSA) is 81.9 Å². The molecule has 0 spiro atoms.